The highest BCUT2D eigenvalue weighted by atomic mass is 16.5. The molecule has 1 aliphatic heterocycles. The molecule has 0 bridgehead atoms. The molecule has 108 valence electrons. The van der Waals surface area contributed by atoms with Crippen molar-refractivity contribution in [3.63, 3.8) is 0 Å². The fraction of sp³-hybridized carbons (Fsp3) is 1.00. The standard InChI is InChI=1S/C14H29NO3/c1-10(16)7-8-15(6)9-11-12(17)14(4,5)18-13(11,2)3/h10-12,16-17H,7-9H2,1-6H3. The van der Waals surface area contributed by atoms with Gasteiger partial charge in [0.15, 0.2) is 0 Å². The lowest BCUT2D eigenvalue weighted by Crippen LogP contribution is -2.42. The first-order valence-corrected chi connectivity index (χ1v) is 6.81. The topological polar surface area (TPSA) is 52.9 Å². The molecule has 1 aliphatic rings. The van der Waals surface area contributed by atoms with Gasteiger partial charge in [-0.05, 0) is 48.1 Å². The van der Waals surface area contributed by atoms with E-state index in [9.17, 15) is 10.2 Å². The van der Waals surface area contributed by atoms with Gasteiger partial charge in [-0.3, -0.25) is 0 Å². The molecule has 4 heteroatoms. The lowest BCUT2D eigenvalue weighted by atomic mass is 9.84. The first-order valence-electron chi connectivity index (χ1n) is 6.81. The number of rotatable bonds is 5. The Morgan fingerprint density at radius 3 is 2.17 bits per heavy atom. The highest BCUT2D eigenvalue weighted by Crippen LogP contribution is 2.42. The molecule has 0 aromatic rings. The molecule has 0 aliphatic carbocycles. The summed E-state index contributed by atoms with van der Waals surface area (Å²) >= 11 is 0. The number of aliphatic hydroxyl groups is 2. The van der Waals surface area contributed by atoms with Gasteiger partial charge in [-0.15, -0.1) is 0 Å². The average Bonchev–Trinajstić information content (AvgIpc) is 2.33. The van der Waals surface area contributed by atoms with Crippen molar-refractivity contribution in [2.45, 2.75) is 64.4 Å². The van der Waals surface area contributed by atoms with Gasteiger partial charge in [0.25, 0.3) is 0 Å². The van der Waals surface area contributed by atoms with E-state index in [1.54, 1.807) is 6.92 Å². The molecule has 0 saturated carbocycles. The minimum absolute atomic E-state index is 0.0894. The van der Waals surface area contributed by atoms with Gasteiger partial charge < -0.3 is 19.8 Å². The quantitative estimate of drug-likeness (QED) is 0.780. The third-order valence-electron chi connectivity index (χ3n) is 3.95. The summed E-state index contributed by atoms with van der Waals surface area (Å²) in [4.78, 5) is 2.16. The summed E-state index contributed by atoms with van der Waals surface area (Å²) in [6.07, 6.45) is 0.0208. The van der Waals surface area contributed by atoms with Gasteiger partial charge in [0, 0.05) is 19.0 Å². The molecule has 0 amide bonds. The molecule has 2 N–H and O–H groups in total. The van der Waals surface area contributed by atoms with Crippen molar-refractivity contribution >= 4 is 0 Å². The Morgan fingerprint density at radius 1 is 1.22 bits per heavy atom. The molecular weight excluding hydrogens is 230 g/mol. The molecule has 3 atom stereocenters. The van der Waals surface area contributed by atoms with E-state index in [0.29, 0.717) is 0 Å². The van der Waals surface area contributed by atoms with Crippen molar-refractivity contribution in [1.82, 2.24) is 4.90 Å². The van der Waals surface area contributed by atoms with Gasteiger partial charge in [-0.2, -0.15) is 0 Å². The molecule has 1 rings (SSSR count). The Balaban J connectivity index is 2.60. The smallest absolute Gasteiger partial charge is 0.0896 e. The van der Waals surface area contributed by atoms with Crippen LogP contribution in [0.15, 0.2) is 0 Å². The van der Waals surface area contributed by atoms with Crippen molar-refractivity contribution in [1.29, 1.82) is 0 Å². The molecule has 0 aromatic carbocycles. The maximum Gasteiger partial charge on any atom is 0.0896 e. The van der Waals surface area contributed by atoms with Gasteiger partial charge in [-0.25, -0.2) is 0 Å². The summed E-state index contributed by atoms with van der Waals surface area (Å²) in [6.45, 7) is 11.4. The van der Waals surface area contributed by atoms with Crippen LogP contribution in [0, 0.1) is 5.92 Å². The van der Waals surface area contributed by atoms with Crippen LogP contribution in [0.4, 0.5) is 0 Å². The maximum absolute atomic E-state index is 10.4. The zero-order valence-electron chi connectivity index (χ0n) is 12.6. The van der Waals surface area contributed by atoms with Crippen molar-refractivity contribution in [3.8, 4) is 0 Å². The molecule has 1 saturated heterocycles. The number of aliphatic hydroxyl groups excluding tert-OH is 2. The Labute approximate surface area is 111 Å². The highest BCUT2D eigenvalue weighted by molar-refractivity contribution is 5.02. The molecule has 4 nitrogen and oxygen atoms in total. The van der Waals surface area contributed by atoms with Crippen LogP contribution < -0.4 is 0 Å². The third kappa shape index (κ3) is 3.67. The monoisotopic (exact) mass is 259 g/mol. The molecule has 0 aromatic heterocycles. The van der Waals surface area contributed by atoms with E-state index in [0.717, 1.165) is 19.5 Å². The number of hydrogen-bond donors (Lipinski definition) is 2. The maximum atomic E-state index is 10.4. The van der Waals surface area contributed by atoms with E-state index in [4.69, 9.17) is 4.74 Å². The second kappa shape index (κ2) is 5.45. The Hall–Kier alpha value is -0.160. The second-order valence-electron chi connectivity index (χ2n) is 6.76. The molecule has 0 radical (unpaired) electrons. The minimum atomic E-state index is -0.487. The van der Waals surface area contributed by atoms with Crippen LogP contribution in [0.2, 0.25) is 0 Å². The fourth-order valence-electron chi connectivity index (χ4n) is 2.83. The Morgan fingerprint density at radius 2 is 1.78 bits per heavy atom. The van der Waals surface area contributed by atoms with E-state index in [1.807, 2.05) is 34.7 Å². The number of hydrogen-bond acceptors (Lipinski definition) is 4. The molecule has 1 heterocycles. The fourth-order valence-corrected chi connectivity index (χ4v) is 2.83. The lowest BCUT2D eigenvalue weighted by Gasteiger charge is -2.31. The molecule has 18 heavy (non-hydrogen) atoms. The zero-order chi connectivity index (χ0) is 14.1. The van der Waals surface area contributed by atoms with Crippen LogP contribution in [-0.2, 0) is 4.74 Å². The average molecular weight is 259 g/mol. The van der Waals surface area contributed by atoms with Gasteiger partial charge in [-0.1, -0.05) is 0 Å². The van der Waals surface area contributed by atoms with Crippen LogP contribution in [-0.4, -0.2) is 58.7 Å². The predicted molar refractivity (Wildman–Crippen MR) is 72.5 cm³/mol. The van der Waals surface area contributed by atoms with Crippen LogP contribution in [0.5, 0.6) is 0 Å². The van der Waals surface area contributed by atoms with E-state index in [2.05, 4.69) is 4.90 Å². The zero-order valence-corrected chi connectivity index (χ0v) is 12.6. The van der Waals surface area contributed by atoms with Crippen LogP contribution >= 0.6 is 0 Å². The third-order valence-corrected chi connectivity index (χ3v) is 3.95. The van der Waals surface area contributed by atoms with Gasteiger partial charge in [0.2, 0.25) is 0 Å². The molecule has 3 unspecified atom stereocenters. The Kier molecular flexibility index (Phi) is 4.81. The number of nitrogens with zero attached hydrogens (tertiary/aromatic N) is 1. The second-order valence-corrected chi connectivity index (χ2v) is 6.76. The summed E-state index contributed by atoms with van der Waals surface area (Å²) in [5.41, 5.74) is -0.804. The van der Waals surface area contributed by atoms with Crippen LogP contribution in [0.25, 0.3) is 0 Å². The molecular formula is C14H29NO3. The predicted octanol–water partition coefficient (Wildman–Crippen LogP) is 1.25. The summed E-state index contributed by atoms with van der Waals surface area (Å²) in [7, 11) is 2.02. The first kappa shape index (κ1) is 15.9. The Bertz CT molecular complexity index is 276. The first-order chi connectivity index (χ1) is 8.06. The largest absolute Gasteiger partial charge is 0.393 e. The normalized spacial score (nSPS) is 31.8. The van der Waals surface area contributed by atoms with Gasteiger partial charge in [0.05, 0.1) is 23.4 Å². The van der Waals surface area contributed by atoms with E-state index in [1.165, 1.54) is 0 Å². The SMILES string of the molecule is CC(O)CCN(C)CC1C(O)C(C)(C)OC1(C)C. The van der Waals surface area contributed by atoms with Gasteiger partial charge in [0.1, 0.15) is 0 Å². The number of ether oxygens (including phenoxy) is 1. The summed E-state index contributed by atoms with van der Waals surface area (Å²) in [6, 6.07) is 0. The highest BCUT2D eigenvalue weighted by Gasteiger charge is 2.53. The van der Waals surface area contributed by atoms with E-state index < -0.39 is 11.7 Å². The summed E-state index contributed by atoms with van der Waals surface area (Å²) in [5.74, 6) is 0.0894. The van der Waals surface area contributed by atoms with Crippen LogP contribution in [0.3, 0.4) is 0 Å². The van der Waals surface area contributed by atoms with Crippen molar-refractivity contribution < 1.29 is 14.9 Å². The van der Waals surface area contributed by atoms with Crippen molar-refractivity contribution in [2.24, 2.45) is 5.92 Å². The van der Waals surface area contributed by atoms with E-state index >= 15 is 0 Å². The van der Waals surface area contributed by atoms with Crippen molar-refractivity contribution in [2.75, 3.05) is 20.1 Å². The minimum Gasteiger partial charge on any atom is -0.393 e. The van der Waals surface area contributed by atoms with E-state index in [-0.39, 0.29) is 17.6 Å². The lowest BCUT2D eigenvalue weighted by molar-refractivity contribution is -0.0912. The summed E-state index contributed by atoms with van der Waals surface area (Å²) in [5, 5.41) is 19.7. The summed E-state index contributed by atoms with van der Waals surface area (Å²) < 4.78 is 5.96. The molecule has 0 spiro atoms. The molecule has 1 fully saturated rings. The van der Waals surface area contributed by atoms with Gasteiger partial charge >= 0.3 is 0 Å². The van der Waals surface area contributed by atoms with Crippen LogP contribution in [0.1, 0.15) is 41.0 Å². The van der Waals surface area contributed by atoms with Crippen molar-refractivity contribution in [3.05, 3.63) is 0 Å².